The van der Waals surface area contributed by atoms with Gasteiger partial charge >= 0.3 is 0 Å². The first kappa shape index (κ1) is 16.6. The summed E-state index contributed by atoms with van der Waals surface area (Å²) >= 11 is 0. The van der Waals surface area contributed by atoms with Gasteiger partial charge in [-0.05, 0) is 25.0 Å². The van der Waals surface area contributed by atoms with Crippen LogP contribution in [0.2, 0.25) is 0 Å². The molecule has 6 nitrogen and oxygen atoms in total. The normalized spacial score (nSPS) is 21.2. The minimum atomic E-state index is -0.311. The Morgan fingerprint density at radius 3 is 2.62 bits per heavy atom. The van der Waals surface area contributed by atoms with Crippen molar-refractivity contribution in [2.45, 2.75) is 38.1 Å². The Morgan fingerprint density at radius 1 is 1.21 bits per heavy atom. The third-order valence-electron chi connectivity index (χ3n) is 4.87. The Bertz CT molecular complexity index is 625. The summed E-state index contributed by atoms with van der Waals surface area (Å²) in [5.41, 5.74) is 0.651. The molecule has 2 aliphatic rings. The molecular weight excluding hydrogens is 308 g/mol. The van der Waals surface area contributed by atoms with Crippen molar-refractivity contribution in [3.8, 4) is 11.5 Å². The lowest BCUT2D eigenvalue weighted by Gasteiger charge is -2.21. The fourth-order valence-corrected chi connectivity index (χ4v) is 3.51. The monoisotopic (exact) mass is 332 g/mol. The lowest BCUT2D eigenvalue weighted by Crippen LogP contribution is -2.38. The fourth-order valence-electron chi connectivity index (χ4n) is 3.51. The molecule has 1 saturated carbocycles. The SMILES string of the molecule is COc1ccc(OC)c(N2CC(C(=O)NC3CCCC3)CC2=O)c1. The van der Waals surface area contributed by atoms with Gasteiger partial charge in [0.2, 0.25) is 11.8 Å². The maximum absolute atomic E-state index is 12.5. The highest BCUT2D eigenvalue weighted by molar-refractivity contribution is 6.01. The Morgan fingerprint density at radius 2 is 1.96 bits per heavy atom. The number of amides is 2. The quantitative estimate of drug-likeness (QED) is 0.897. The van der Waals surface area contributed by atoms with Gasteiger partial charge in [0.1, 0.15) is 11.5 Å². The lowest BCUT2D eigenvalue weighted by molar-refractivity contribution is -0.126. The third kappa shape index (κ3) is 3.32. The van der Waals surface area contributed by atoms with Gasteiger partial charge in [0.05, 0.1) is 25.8 Å². The molecule has 0 bridgehead atoms. The van der Waals surface area contributed by atoms with Crippen LogP contribution in [0.1, 0.15) is 32.1 Å². The van der Waals surface area contributed by atoms with E-state index in [1.165, 1.54) is 12.8 Å². The van der Waals surface area contributed by atoms with Gasteiger partial charge in [-0.3, -0.25) is 9.59 Å². The van der Waals surface area contributed by atoms with E-state index in [2.05, 4.69) is 5.32 Å². The number of benzene rings is 1. The topological polar surface area (TPSA) is 67.9 Å². The number of methoxy groups -OCH3 is 2. The van der Waals surface area contributed by atoms with Crippen LogP contribution in [0.5, 0.6) is 11.5 Å². The van der Waals surface area contributed by atoms with E-state index >= 15 is 0 Å². The molecule has 1 aromatic carbocycles. The molecule has 0 spiro atoms. The molecule has 0 radical (unpaired) electrons. The molecule has 3 rings (SSSR count). The Hall–Kier alpha value is -2.24. The summed E-state index contributed by atoms with van der Waals surface area (Å²) < 4.78 is 10.6. The van der Waals surface area contributed by atoms with Crippen molar-refractivity contribution in [3.05, 3.63) is 18.2 Å². The molecule has 6 heteroatoms. The number of carbonyl (C=O) groups is 2. The Labute approximate surface area is 142 Å². The predicted molar refractivity (Wildman–Crippen MR) is 90.4 cm³/mol. The van der Waals surface area contributed by atoms with E-state index < -0.39 is 0 Å². The van der Waals surface area contributed by atoms with Crippen LogP contribution < -0.4 is 19.7 Å². The first-order chi connectivity index (χ1) is 11.6. The second kappa shape index (κ2) is 7.11. The number of carbonyl (C=O) groups excluding carboxylic acids is 2. The van der Waals surface area contributed by atoms with Crippen molar-refractivity contribution in [2.75, 3.05) is 25.7 Å². The van der Waals surface area contributed by atoms with Crippen LogP contribution >= 0.6 is 0 Å². The molecular formula is C18H24N2O4. The van der Waals surface area contributed by atoms with E-state index in [0.29, 0.717) is 23.7 Å². The number of nitrogens with one attached hydrogen (secondary N) is 1. The predicted octanol–water partition coefficient (Wildman–Crippen LogP) is 2.12. The van der Waals surface area contributed by atoms with Crippen LogP contribution in [-0.4, -0.2) is 38.6 Å². The van der Waals surface area contributed by atoms with Crippen molar-refractivity contribution >= 4 is 17.5 Å². The first-order valence-corrected chi connectivity index (χ1v) is 8.45. The zero-order valence-corrected chi connectivity index (χ0v) is 14.2. The van der Waals surface area contributed by atoms with Crippen LogP contribution in [0, 0.1) is 5.92 Å². The van der Waals surface area contributed by atoms with Gasteiger partial charge in [-0.25, -0.2) is 0 Å². The summed E-state index contributed by atoms with van der Waals surface area (Å²) in [6.45, 7) is 0.376. The van der Waals surface area contributed by atoms with Crippen LogP contribution in [0.15, 0.2) is 18.2 Å². The summed E-state index contributed by atoms with van der Waals surface area (Å²) in [7, 11) is 3.14. The molecule has 2 fully saturated rings. The average molecular weight is 332 g/mol. The number of nitrogens with zero attached hydrogens (tertiary/aromatic N) is 1. The van der Waals surface area contributed by atoms with Crippen molar-refractivity contribution in [2.24, 2.45) is 5.92 Å². The average Bonchev–Trinajstić information content (AvgIpc) is 3.23. The molecule has 1 aromatic rings. The molecule has 2 amide bonds. The van der Waals surface area contributed by atoms with Gasteiger partial charge in [0.25, 0.3) is 0 Å². The summed E-state index contributed by atoms with van der Waals surface area (Å²) in [5.74, 6) is 0.861. The lowest BCUT2D eigenvalue weighted by atomic mass is 10.1. The smallest absolute Gasteiger partial charge is 0.227 e. The van der Waals surface area contributed by atoms with Gasteiger partial charge in [0.15, 0.2) is 0 Å². The van der Waals surface area contributed by atoms with Crippen molar-refractivity contribution in [1.29, 1.82) is 0 Å². The number of rotatable bonds is 5. The van der Waals surface area contributed by atoms with Gasteiger partial charge in [-0.15, -0.1) is 0 Å². The molecule has 1 saturated heterocycles. The van der Waals surface area contributed by atoms with Crippen LogP contribution in [0.4, 0.5) is 5.69 Å². The Kier molecular flexibility index (Phi) is 4.92. The Balaban J connectivity index is 1.73. The van der Waals surface area contributed by atoms with E-state index in [-0.39, 0.29) is 30.2 Å². The number of hydrogen-bond donors (Lipinski definition) is 1. The van der Waals surface area contributed by atoms with Crippen molar-refractivity contribution < 1.29 is 19.1 Å². The third-order valence-corrected chi connectivity index (χ3v) is 4.87. The van der Waals surface area contributed by atoms with E-state index in [9.17, 15) is 9.59 Å². The van der Waals surface area contributed by atoms with Gasteiger partial charge < -0.3 is 19.7 Å². The molecule has 0 aromatic heterocycles. The fraction of sp³-hybridized carbons (Fsp3) is 0.556. The van der Waals surface area contributed by atoms with Crippen molar-refractivity contribution in [1.82, 2.24) is 5.32 Å². The van der Waals surface area contributed by atoms with E-state index in [1.54, 1.807) is 37.3 Å². The molecule has 1 atom stereocenters. The maximum atomic E-state index is 12.5. The molecule has 24 heavy (non-hydrogen) atoms. The molecule has 1 unspecified atom stereocenters. The second-order valence-corrected chi connectivity index (χ2v) is 6.43. The second-order valence-electron chi connectivity index (χ2n) is 6.43. The zero-order chi connectivity index (χ0) is 17.1. The van der Waals surface area contributed by atoms with E-state index in [4.69, 9.17) is 9.47 Å². The highest BCUT2D eigenvalue weighted by Crippen LogP contribution is 2.36. The highest BCUT2D eigenvalue weighted by Gasteiger charge is 2.37. The van der Waals surface area contributed by atoms with Gasteiger partial charge in [-0.2, -0.15) is 0 Å². The highest BCUT2D eigenvalue weighted by atomic mass is 16.5. The minimum Gasteiger partial charge on any atom is -0.497 e. The number of hydrogen-bond acceptors (Lipinski definition) is 4. The maximum Gasteiger partial charge on any atom is 0.227 e. The summed E-state index contributed by atoms with van der Waals surface area (Å²) in [6.07, 6.45) is 4.65. The summed E-state index contributed by atoms with van der Waals surface area (Å²) in [6, 6.07) is 5.60. The molecule has 1 aliphatic carbocycles. The number of anilines is 1. The standard InChI is InChI=1S/C18H24N2O4/c1-23-14-7-8-16(24-2)15(10-14)20-11-12(9-17(20)21)18(22)19-13-5-3-4-6-13/h7-8,10,12-13H,3-6,9,11H2,1-2H3,(H,19,22). The molecule has 1 N–H and O–H groups in total. The molecule has 1 aliphatic heterocycles. The zero-order valence-electron chi connectivity index (χ0n) is 14.2. The first-order valence-electron chi connectivity index (χ1n) is 8.45. The molecule has 1 heterocycles. The van der Waals surface area contributed by atoms with Crippen molar-refractivity contribution in [3.63, 3.8) is 0 Å². The summed E-state index contributed by atoms with van der Waals surface area (Å²) in [4.78, 5) is 26.5. The van der Waals surface area contributed by atoms with E-state index in [0.717, 1.165) is 12.8 Å². The summed E-state index contributed by atoms with van der Waals surface area (Å²) in [5, 5.41) is 3.09. The van der Waals surface area contributed by atoms with E-state index in [1.807, 2.05) is 0 Å². The van der Waals surface area contributed by atoms with Gasteiger partial charge in [0, 0.05) is 25.1 Å². The van der Waals surface area contributed by atoms with Crippen LogP contribution in [-0.2, 0) is 9.59 Å². The molecule has 130 valence electrons. The number of ether oxygens (including phenoxy) is 2. The van der Waals surface area contributed by atoms with Gasteiger partial charge in [-0.1, -0.05) is 12.8 Å². The van der Waals surface area contributed by atoms with Crippen LogP contribution in [0.25, 0.3) is 0 Å². The largest absolute Gasteiger partial charge is 0.497 e. The van der Waals surface area contributed by atoms with Crippen LogP contribution in [0.3, 0.4) is 0 Å². The minimum absolute atomic E-state index is 0.0142.